The topological polar surface area (TPSA) is 0 Å². The Bertz CT molecular complexity index is 277. The molecule has 1 rings (SSSR count). The highest BCUT2D eigenvalue weighted by Gasteiger charge is 2.34. The van der Waals surface area contributed by atoms with E-state index in [2.05, 4.69) is 58.0 Å². The van der Waals surface area contributed by atoms with Gasteiger partial charge in [-0.05, 0) is 10.9 Å². The molecule has 0 aromatic heterocycles. The van der Waals surface area contributed by atoms with Gasteiger partial charge < -0.3 is 0 Å². The summed E-state index contributed by atoms with van der Waals surface area (Å²) in [6.07, 6.45) is 3.77. The van der Waals surface area contributed by atoms with Crippen molar-refractivity contribution in [2.45, 2.75) is 52.1 Å². The van der Waals surface area contributed by atoms with Crippen molar-refractivity contribution in [3.63, 3.8) is 0 Å². The first-order valence-corrected chi connectivity index (χ1v) is 6.24. The molecule has 0 nitrogen and oxygen atoms in total. The Balaban J connectivity index is 3.04. The van der Waals surface area contributed by atoms with Crippen molar-refractivity contribution in [1.82, 2.24) is 0 Å². The van der Waals surface area contributed by atoms with Crippen LogP contribution >= 0.6 is 0 Å². The molecule has 0 aliphatic carbocycles. The lowest BCUT2D eigenvalue weighted by atomic mass is 9.29. The monoisotopic (exact) mass is 202 g/mol. The molecule has 82 valence electrons. The molecule has 1 aromatic rings. The normalized spacial score (nSPS) is 14.7. The number of hydrogen-bond donors (Lipinski definition) is 0. The van der Waals surface area contributed by atoms with Gasteiger partial charge in [0.25, 0.3) is 0 Å². The first-order valence-electron chi connectivity index (χ1n) is 6.24. The second-order valence-corrected chi connectivity index (χ2v) is 4.65. The third-order valence-corrected chi connectivity index (χ3v) is 4.05. The Morgan fingerprint density at radius 2 is 1.53 bits per heavy atom. The van der Waals surface area contributed by atoms with Gasteiger partial charge in [0.1, 0.15) is 0 Å². The first-order chi connectivity index (χ1) is 7.19. The Morgan fingerprint density at radius 1 is 1.00 bits per heavy atom. The van der Waals surface area contributed by atoms with E-state index in [-0.39, 0.29) is 0 Å². The van der Waals surface area contributed by atoms with Crippen LogP contribution in [0, 0.1) is 0 Å². The van der Waals surface area contributed by atoms with Crippen LogP contribution in [-0.2, 0) is 5.31 Å². The standard InChI is InChI=1S/C14H23B/c1-5-14(4,15(6-2)7-3)13-11-9-8-10-12-13/h8-12H,5-7H2,1-4H3/t14-/m0/s1. The zero-order valence-electron chi connectivity index (χ0n) is 10.6. The molecule has 0 saturated heterocycles. The average molecular weight is 202 g/mol. The molecule has 1 aromatic carbocycles. The second-order valence-electron chi connectivity index (χ2n) is 4.65. The lowest BCUT2D eigenvalue weighted by Gasteiger charge is -2.34. The van der Waals surface area contributed by atoms with E-state index >= 15 is 0 Å². The molecular weight excluding hydrogens is 179 g/mol. The Hall–Kier alpha value is -0.715. The van der Waals surface area contributed by atoms with Gasteiger partial charge in [0.05, 0.1) is 0 Å². The molecule has 0 heterocycles. The summed E-state index contributed by atoms with van der Waals surface area (Å²) in [7, 11) is 0. The highest BCUT2D eigenvalue weighted by atomic mass is 14.2. The van der Waals surface area contributed by atoms with Crippen molar-refractivity contribution in [3.8, 4) is 0 Å². The van der Waals surface area contributed by atoms with Crippen molar-refractivity contribution in [2.75, 3.05) is 0 Å². The maximum atomic E-state index is 2.42. The maximum Gasteiger partial charge on any atom is 0.151 e. The van der Waals surface area contributed by atoms with Gasteiger partial charge in [0.2, 0.25) is 0 Å². The predicted molar refractivity (Wildman–Crippen MR) is 70.8 cm³/mol. The fourth-order valence-electron chi connectivity index (χ4n) is 2.74. The van der Waals surface area contributed by atoms with Crippen molar-refractivity contribution in [1.29, 1.82) is 0 Å². The molecule has 0 aliphatic heterocycles. The van der Waals surface area contributed by atoms with Gasteiger partial charge in [-0.15, -0.1) is 0 Å². The molecule has 0 amide bonds. The molecule has 0 N–H and O–H groups in total. The molecule has 0 unspecified atom stereocenters. The minimum atomic E-state index is 0.352. The molecule has 1 heteroatoms. The lowest BCUT2D eigenvalue weighted by Crippen LogP contribution is -2.39. The summed E-state index contributed by atoms with van der Waals surface area (Å²) in [6, 6.07) is 11.0. The summed E-state index contributed by atoms with van der Waals surface area (Å²) in [6.45, 7) is 10.1. The molecule has 0 radical (unpaired) electrons. The largest absolute Gasteiger partial charge is 0.151 e. The average Bonchev–Trinajstić information content (AvgIpc) is 2.31. The molecule has 0 bridgehead atoms. The van der Waals surface area contributed by atoms with Crippen LogP contribution in [0.4, 0.5) is 0 Å². The summed E-state index contributed by atoms with van der Waals surface area (Å²) in [5.41, 5.74) is 1.50. The fraction of sp³-hybridized carbons (Fsp3) is 0.571. The van der Waals surface area contributed by atoms with E-state index in [4.69, 9.17) is 0 Å². The van der Waals surface area contributed by atoms with E-state index in [0.29, 0.717) is 5.31 Å². The smallest absolute Gasteiger partial charge is 0.0762 e. The number of rotatable bonds is 5. The summed E-state index contributed by atoms with van der Waals surface area (Å²) >= 11 is 0. The zero-order chi connectivity index (χ0) is 11.3. The van der Waals surface area contributed by atoms with Crippen LogP contribution in [0.25, 0.3) is 0 Å². The van der Waals surface area contributed by atoms with E-state index in [0.717, 1.165) is 6.71 Å². The maximum absolute atomic E-state index is 2.42. The second kappa shape index (κ2) is 5.39. The zero-order valence-corrected chi connectivity index (χ0v) is 10.6. The van der Waals surface area contributed by atoms with Gasteiger partial charge in [0, 0.05) is 0 Å². The van der Waals surface area contributed by atoms with Crippen LogP contribution in [0.5, 0.6) is 0 Å². The number of hydrogen-bond acceptors (Lipinski definition) is 0. The van der Waals surface area contributed by atoms with E-state index in [1.54, 1.807) is 0 Å². The van der Waals surface area contributed by atoms with Crippen LogP contribution in [0.15, 0.2) is 30.3 Å². The molecule has 15 heavy (non-hydrogen) atoms. The van der Waals surface area contributed by atoms with E-state index < -0.39 is 0 Å². The number of benzene rings is 1. The molecule has 0 saturated carbocycles. The van der Waals surface area contributed by atoms with Crippen molar-refractivity contribution < 1.29 is 0 Å². The molecule has 0 fully saturated rings. The lowest BCUT2D eigenvalue weighted by molar-refractivity contribution is 0.620. The van der Waals surface area contributed by atoms with Gasteiger partial charge in [-0.2, -0.15) is 0 Å². The summed E-state index contributed by atoms with van der Waals surface area (Å²) in [5.74, 6) is 0. The van der Waals surface area contributed by atoms with Crippen molar-refractivity contribution >= 4 is 6.71 Å². The highest BCUT2D eigenvalue weighted by Crippen LogP contribution is 2.33. The Morgan fingerprint density at radius 3 is 1.93 bits per heavy atom. The van der Waals surface area contributed by atoms with Crippen LogP contribution in [0.1, 0.15) is 39.7 Å². The van der Waals surface area contributed by atoms with Gasteiger partial charge in [0.15, 0.2) is 6.71 Å². The van der Waals surface area contributed by atoms with Crippen LogP contribution < -0.4 is 0 Å². The molecule has 0 spiro atoms. The first kappa shape index (κ1) is 12.4. The third-order valence-electron chi connectivity index (χ3n) is 4.05. The van der Waals surface area contributed by atoms with Crippen LogP contribution in [-0.4, -0.2) is 6.71 Å². The fourth-order valence-corrected chi connectivity index (χ4v) is 2.74. The molecule has 1 atom stereocenters. The third kappa shape index (κ3) is 2.45. The predicted octanol–water partition coefficient (Wildman–Crippen LogP) is 4.43. The SMILES string of the molecule is CCB(CC)[C@@](C)(CC)c1ccccc1. The highest BCUT2D eigenvalue weighted by molar-refractivity contribution is 6.62. The van der Waals surface area contributed by atoms with Gasteiger partial charge in [-0.25, -0.2) is 0 Å². The summed E-state index contributed by atoms with van der Waals surface area (Å²) in [4.78, 5) is 0. The van der Waals surface area contributed by atoms with Crippen molar-refractivity contribution in [3.05, 3.63) is 35.9 Å². The summed E-state index contributed by atoms with van der Waals surface area (Å²) < 4.78 is 0. The minimum absolute atomic E-state index is 0.352. The van der Waals surface area contributed by atoms with Crippen LogP contribution in [0.3, 0.4) is 0 Å². The molecular formula is C14H23B. The Kier molecular flexibility index (Phi) is 4.44. The summed E-state index contributed by atoms with van der Waals surface area (Å²) in [5, 5.41) is 0.352. The van der Waals surface area contributed by atoms with E-state index in [9.17, 15) is 0 Å². The Labute approximate surface area is 95.2 Å². The molecule has 0 aliphatic rings. The van der Waals surface area contributed by atoms with Gasteiger partial charge in [-0.3, -0.25) is 0 Å². The van der Waals surface area contributed by atoms with Gasteiger partial charge in [-0.1, -0.05) is 77.1 Å². The van der Waals surface area contributed by atoms with E-state index in [1.165, 1.54) is 24.6 Å². The van der Waals surface area contributed by atoms with Gasteiger partial charge >= 0.3 is 0 Å². The quantitative estimate of drug-likeness (QED) is 0.619. The van der Waals surface area contributed by atoms with Crippen LogP contribution in [0.2, 0.25) is 12.6 Å². The van der Waals surface area contributed by atoms with Crippen molar-refractivity contribution in [2.24, 2.45) is 0 Å². The minimum Gasteiger partial charge on any atom is -0.0762 e. The van der Waals surface area contributed by atoms with E-state index in [1.807, 2.05) is 0 Å².